The molecule has 0 aliphatic carbocycles. The molecule has 0 aromatic heterocycles. The van der Waals surface area contributed by atoms with E-state index in [2.05, 4.69) is 72.0 Å². The Hall–Kier alpha value is -0.903. The van der Waals surface area contributed by atoms with Gasteiger partial charge in [-0.05, 0) is 23.3 Å². The summed E-state index contributed by atoms with van der Waals surface area (Å²) in [5, 5.41) is 1.49. The minimum atomic E-state index is -1.19. The van der Waals surface area contributed by atoms with Gasteiger partial charge in [-0.2, -0.15) is 0 Å². The molecule has 2 aromatic carbocycles. The second-order valence-electron chi connectivity index (χ2n) is 6.07. The van der Waals surface area contributed by atoms with E-state index in [0.717, 1.165) is 4.47 Å². The number of hydrogen-bond acceptors (Lipinski definition) is 1. The van der Waals surface area contributed by atoms with Gasteiger partial charge in [-0.15, -0.1) is 0 Å². The third-order valence-electron chi connectivity index (χ3n) is 3.25. The zero-order valence-electron chi connectivity index (χ0n) is 12.3. The van der Waals surface area contributed by atoms with Crippen LogP contribution in [-0.4, -0.2) is 8.07 Å². The summed E-state index contributed by atoms with van der Waals surface area (Å²) in [4.78, 5) is 0. The molecule has 2 rings (SSSR count). The van der Waals surface area contributed by atoms with Gasteiger partial charge >= 0.3 is 0 Å². The van der Waals surface area contributed by atoms with Gasteiger partial charge in [-0.25, -0.2) is 0 Å². The third kappa shape index (κ3) is 4.58. The Morgan fingerprint density at radius 3 is 2.15 bits per heavy atom. The summed E-state index contributed by atoms with van der Waals surface area (Å²) in [6.07, 6.45) is 0. The second-order valence-corrected chi connectivity index (χ2v) is 12.1. The lowest BCUT2D eigenvalue weighted by molar-refractivity contribution is 0.107. The summed E-state index contributed by atoms with van der Waals surface area (Å²) in [6, 6.07) is 17.1. The molecule has 0 amide bonds. The monoisotopic (exact) mass is 348 g/mol. The normalized spacial score (nSPS) is 11.6. The minimum Gasteiger partial charge on any atom is -0.372 e. The van der Waals surface area contributed by atoms with Crippen molar-refractivity contribution in [2.75, 3.05) is 0 Å². The van der Waals surface area contributed by atoms with E-state index < -0.39 is 8.07 Å². The lowest BCUT2D eigenvalue weighted by atomic mass is 10.2. The van der Waals surface area contributed by atoms with Crippen LogP contribution in [0.3, 0.4) is 0 Å². The van der Waals surface area contributed by atoms with E-state index in [1.807, 2.05) is 12.1 Å². The largest absolute Gasteiger partial charge is 0.372 e. The molecule has 0 atom stereocenters. The van der Waals surface area contributed by atoms with Crippen LogP contribution in [0.1, 0.15) is 11.1 Å². The molecule has 3 heteroatoms. The second kappa shape index (κ2) is 6.70. The first-order chi connectivity index (χ1) is 9.45. The Kier molecular flexibility index (Phi) is 5.19. The maximum absolute atomic E-state index is 5.78. The van der Waals surface area contributed by atoms with Crippen LogP contribution in [0.2, 0.25) is 19.6 Å². The third-order valence-corrected chi connectivity index (χ3v) is 5.81. The van der Waals surface area contributed by atoms with Gasteiger partial charge in [0.1, 0.15) is 0 Å². The molecule has 20 heavy (non-hydrogen) atoms. The van der Waals surface area contributed by atoms with Crippen LogP contribution >= 0.6 is 15.9 Å². The van der Waals surface area contributed by atoms with Gasteiger partial charge in [0.2, 0.25) is 0 Å². The van der Waals surface area contributed by atoms with Crippen molar-refractivity contribution in [3.05, 3.63) is 64.1 Å². The van der Waals surface area contributed by atoms with E-state index in [1.165, 1.54) is 16.3 Å². The molecule has 0 unspecified atom stereocenters. The summed E-state index contributed by atoms with van der Waals surface area (Å²) in [5.74, 6) is 0. The SMILES string of the molecule is C[Si](C)(C)c1ccc(COCc2cccc(Br)c2)cc1. The smallest absolute Gasteiger partial charge is 0.0775 e. The molecule has 1 nitrogen and oxygen atoms in total. The highest BCUT2D eigenvalue weighted by molar-refractivity contribution is 9.10. The molecule has 0 bridgehead atoms. The number of halogens is 1. The van der Waals surface area contributed by atoms with Gasteiger partial charge in [0, 0.05) is 4.47 Å². The Morgan fingerprint density at radius 2 is 1.55 bits per heavy atom. The maximum atomic E-state index is 5.78. The molecule has 0 radical (unpaired) electrons. The molecule has 0 spiro atoms. The van der Waals surface area contributed by atoms with Crippen molar-refractivity contribution in [3.8, 4) is 0 Å². The van der Waals surface area contributed by atoms with Crippen LogP contribution in [-0.2, 0) is 18.0 Å². The Balaban J connectivity index is 1.88. The molecule has 0 aliphatic heterocycles. The molecule has 2 aromatic rings. The highest BCUT2D eigenvalue weighted by atomic mass is 79.9. The van der Waals surface area contributed by atoms with E-state index in [4.69, 9.17) is 4.74 Å². The number of rotatable bonds is 5. The van der Waals surface area contributed by atoms with Crippen molar-refractivity contribution in [1.82, 2.24) is 0 Å². The fourth-order valence-corrected chi connectivity index (χ4v) is 3.63. The van der Waals surface area contributed by atoms with Crippen LogP contribution in [0.4, 0.5) is 0 Å². The predicted molar refractivity (Wildman–Crippen MR) is 92.1 cm³/mol. The molecule has 0 fully saturated rings. The molecule has 0 saturated carbocycles. The summed E-state index contributed by atoms with van der Waals surface area (Å²) >= 11 is 3.47. The molecule has 0 N–H and O–H groups in total. The van der Waals surface area contributed by atoms with E-state index in [1.54, 1.807) is 0 Å². The zero-order valence-corrected chi connectivity index (χ0v) is 14.9. The Morgan fingerprint density at radius 1 is 0.900 bits per heavy atom. The quantitative estimate of drug-likeness (QED) is 0.711. The first-order valence-corrected chi connectivity index (χ1v) is 11.2. The molecule has 0 heterocycles. The Bertz CT molecular complexity index is 558. The summed E-state index contributed by atoms with van der Waals surface area (Å²) < 4.78 is 6.87. The van der Waals surface area contributed by atoms with Crippen LogP contribution in [0.15, 0.2) is 53.0 Å². The van der Waals surface area contributed by atoms with Crippen molar-refractivity contribution in [3.63, 3.8) is 0 Å². The fourth-order valence-electron chi connectivity index (χ4n) is 2.01. The molecular formula is C17H21BrOSi. The van der Waals surface area contributed by atoms with Crippen LogP contribution < -0.4 is 5.19 Å². The fraction of sp³-hybridized carbons (Fsp3) is 0.294. The standard InChI is InChI=1S/C17H21BrOSi/c1-20(2,3)17-9-7-14(8-10-17)12-19-13-15-5-4-6-16(18)11-15/h4-11H,12-13H2,1-3H3. The van der Waals surface area contributed by atoms with Gasteiger partial charge in [-0.1, -0.05) is 77.2 Å². The average molecular weight is 349 g/mol. The highest BCUT2D eigenvalue weighted by Gasteiger charge is 2.15. The van der Waals surface area contributed by atoms with Crippen molar-refractivity contribution in [2.45, 2.75) is 32.9 Å². The number of benzene rings is 2. The molecule has 0 aliphatic rings. The van der Waals surface area contributed by atoms with E-state index in [9.17, 15) is 0 Å². The molecule has 0 saturated heterocycles. The van der Waals surface area contributed by atoms with Gasteiger partial charge < -0.3 is 4.74 Å². The predicted octanol–water partition coefficient (Wildman–Crippen LogP) is 4.71. The topological polar surface area (TPSA) is 9.23 Å². The van der Waals surface area contributed by atoms with E-state index in [-0.39, 0.29) is 0 Å². The number of hydrogen-bond donors (Lipinski definition) is 0. The van der Waals surface area contributed by atoms with Gasteiger partial charge in [0.15, 0.2) is 0 Å². The first-order valence-electron chi connectivity index (χ1n) is 6.87. The van der Waals surface area contributed by atoms with Gasteiger partial charge in [0.25, 0.3) is 0 Å². The lowest BCUT2D eigenvalue weighted by Crippen LogP contribution is -2.37. The lowest BCUT2D eigenvalue weighted by Gasteiger charge is -2.16. The molecule has 106 valence electrons. The summed E-state index contributed by atoms with van der Waals surface area (Å²) in [6.45, 7) is 8.41. The van der Waals surface area contributed by atoms with Crippen molar-refractivity contribution < 1.29 is 4.74 Å². The number of ether oxygens (including phenoxy) is 1. The summed E-state index contributed by atoms with van der Waals surface area (Å²) in [5.41, 5.74) is 2.43. The van der Waals surface area contributed by atoms with Crippen molar-refractivity contribution in [2.24, 2.45) is 0 Å². The van der Waals surface area contributed by atoms with Crippen molar-refractivity contribution in [1.29, 1.82) is 0 Å². The first kappa shape index (κ1) is 15.5. The van der Waals surface area contributed by atoms with Gasteiger partial charge in [-0.3, -0.25) is 0 Å². The van der Waals surface area contributed by atoms with Crippen molar-refractivity contribution >= 4 is 29.2 Å². The highest BCUT2D eigenvalue weighted by Crippen LogP contribution is 2.13. The summed E-state index contributed by atoms with van der Waals surface area (Å²) in [7, 11) is -1.19. The van der Waals surface area contributed by atoms with Crippen LogP contribution in [0.5, 0.6) is 0 Å². The van der Waals surface area contributed by atoms with Crippen LogP contribution in [0, 0.1) is 0 Å². The zero-order chi connectivity index (χ0) is 14.6. The van der Waals surface area contributed by atoms with Gasteiger partial charge in [0.05, 0.1) is 21.3 Å². The van der Waals surface area contributed by atoms with E-state index in [0.29, 0.717) is 13.2 Å². The van der Waals surface area contributed by atoms with E-state index >= 15 is 0 Å². The maximum Gasteiger partial charge on any atom is 0.0775 e. The van der Waals surface area contributed by atoms with Crippen LogP contribution in [0.25, 0.3) is 0 Å². The minimum absolute atomic E-state index is 0.648. The average Bonchev–Trinajstić information content (AvgIpc) is 2.38. The Labute approximate surface area is 131 Å². The molecular weight excluding hydrogens is 328 g/mol.